The summed E-state index contributed by atoms with van der Waals surface area (Å²) in [6.45, 7) is -0.180. The summed E-state index contributed by atoms with van der Waals surface area (Å²) in [6, 6.07) is 17.3. The number of ether oxygens (including phenoxy) is 2. The predicted octanol–water partition coefficient (Wildman–Crippen LogP) is 3.53. The van der Waals surface area contributed by atoms with Crippen LogP contribution in [-0.2, 0) is 4.79 Å². The molecule has 0 aliphatic rings. The van der Waals surface area contributed by atoms with E-state index in [0.29, 0.717) is 22.7 Å². The molecule has 0 saturated heterocycles. The van der Waals surface area contributed by atoms with E-state index in [4.69, 9.17) is 21.1 Å². The lowest BCUT2D eigenvalue weighted by molar-refractivity contribution is -0.118. The van der Waals surface area contributed by atoms with Gasteiger partial charge in [0.15, 0.2) is 18.1 Å². The SMILES string of the molecule is COc1cc(C=NNC(=O)c2cccnc2Cl)ccc1OCC(=O)Nc1ccccc1. The average Bonchev–Trinajstić information content (AvgIpc) is 2.79. The van der Waals surface area contributed by atoms with E-state index in [1.165, 1.54) is 19.5 Å². The number of hydrogen-bond acceptors (Lipinski definition) is 6. The van der Waals surface area contributed by atoms with Gasteiger partial charge in [-0.25, -0.2) is 10.4 Å². The number of methoxy groups -OCH3 is 1. The standard InChI is InChI=1S/C22H19ClN4O4/c1-30-19-12-15(13-25-27-22(29)17-8-5-11-24-21(17)23)9-10-18(19)31-14-20(28)26-16-6-3-2-4-7-16/h2-13H,14H2,1H3,(H,26,28)(H,27,29). The topological polar surface area (TPSA) is 102 Å². The number of nitrogens with one attached hydrogen (secondary N) is 2. The number of carbonyl (C=O) groups excluding carboxylic acids is 2. The summed E-state index contributed by atoms with van der Waals surface area (Å²) in [4.78, 5) is 28.0. The predicted molar refractivity (Wildman–Crippen MR) is 118 cm³/mol. The highest BCUT2D eigenvalue weighted by molar-refractivity contribution is 6.32. The second-order valence-corrected chi connectivity index (χ2v) is 6.51. The lowest BCUT2D eigenvalue weighted by Crippen LogP contribution is -2.20. The van der Waals surface area contributed by atoms with Crippen LogP contribution in [0.3, 0.4) is 0 Å². The first kappa shape index (κ1) is 21.8. The average molecular weight is 439 g/mol. The van der Waals surface area contributed by atoms with E-state index in [1.54, 1.807) is 42.5 Å². The van der Waals surface area contributed by atoms with Gasteiger partial charge in [-0.15, -0.1) is 0 Å². The van der Waals surface area contributed by atoms with E-state index in [0.717, 1.165) is 0 Å². The largest absolute Gasteiger partial charge is 0.493 e. The van der Waals surface area contributed by atoms with Gasteiger partial charge in [0.1, 0.15) is 5.15 Å². The fraction of sp³-hybridized carbons (Fsp3) is 0.0909. The second-order valence-electron chi connectivity index (χ2n) is 6.15. The lowest BCUT2D eigenvalue weighted by atomic mass is 10.2. The first-order valence-corrected chi connectivity index (χ1v) is 9.54. The van der Waals surface area contributed by atoms with Crippen LogP contribution in [0.2, 0.25) is 5.15 Å². The van der Waals surface area contributed by atoms with E-state index in [1.807, 2.05) is 18.2 Å². The Kier molecular flexibility index (Phi) is 7.56. The van der Waals surface area contributed by atoms with Crippen molar-refractivity contribution in [1.82, 2.24) is 10.4 Å². The number of carbonyl (C=O) groups is 2. The minimum atomic E-state index is -0.481. The van der Waals surface area contributed by atoms with Gasteiger partial charge < -0.3 is 14.8 Å². The summed E-state index contributed by atoms with van der Waals surface area (Å²) in [7, 11) is 1.49. The molecule has 1 heterocycles. The van der Waals surface area contributed by atoms with Gasteiger partial charge in [0.05, 0.1) is 18.9 Å². The monoisotopic (exact) mass is 438 g/mol. The Bertz CT molecular complexity index is 1090. The van der Waals surface area contributed by atoms with Crippen LogP contribution < -0.4 is 20.2 Å². The zero-order chi connectivity index (χ0) is 22.1. The molecule has 0 fully saturated rings. The van der Waals surface area contributed by atoms with Crippen LogP contribution >= 0.6 is 11.6 Å². The molecule has 2 N–H and O–H groups in total. The van der Waals surface area contributed by atoms with Crippen molar-refractivity contribution in [2.45, 2.75) is 0 Å². The summed E-state index contributed by atoms with van der Waals surface area (Å²) < 4.78 is 10.9. The van der Waals surface area contributed by atoms with Crippen molar-refractivity contribution in [3.05, 3.63) is 83.1 Å². The highest BCUT2D eigenvalue weighted by atomic mass is 35.5. The van der Waals surface area contributed by atoms with Gasteiger partial charge in [-0.05, 0) is 48.0 Å². The third-order valence-corrected chi connectivity index (χ3v) is 4.29. The number of aromatic nitrogens is 1. The van der Waals surface area contributed by atoms with Crippen molar-refractivity contribution in [1.29, 1.82) is 0 Å². The Morgan fingerprint density at radius 1 is 1.10 bits per heavy atom. The number of halogens is 1. The molecule has 3 rings (SSSR count). The number of hydrogen-bond donors (Lipinski definition) is 2. The maximum atomic E-state index is 12.1. The minimum Gasteiger partial charge on any atom is -0.493 e. The molecule has 0 spiro atoms. The van der Waals surface area contributed by atoms with Gasteiger partial charge in [-0.3, -0.25) is 9.59 Å². The van der Waals surface area contributed by atoms with Crippen molar-refractivity contribution < 1.29 is 19.1 Å². The maximum Gasteiger partial charge on any atom is 0.274 e. The van der Waals surface area contributed by atoms with Gasteiger partial charge in [0, 0.05) is 11.9 Å². The Labute approximate surface area is 183 Å². The van der Waals surface area contributed by atoms with Crippen LogP contribution in [-0.4, -0.2) is 36.7 Å². The Hall–Kier alpha value is -3.91. The quantitative estimate of drug-likeness (QED) is 0.318. The van der Waals surface area contributed by atoms with Crippen LogP contribution in [0, 0.1) is 0 Å². The fourth-order valence-electron chi connectivity index (χ4n) is 2.53. The molecule has 0 radical (unpaired) electrons. The fourth-order valence-corrected chi connectivity index (χ4v) is 2.73. The maximum absolute atomic E-state index is 12.1. The number of amides is 2. The van der Waals surface area contributed by atoms with Crippen LogP contribution in [0.25, 0.3) is 0 Å². The van der Waals surface area contributed by atoms with E-state index in [-0.39, 0.29) is 23.2 Å². The molecule has 31 heavy (non-hydrogen) atoms. The van der Waals surface area contributed by atoms with Gasteiger partial charge in [-0.1, -0.05) is 29.8 Å². The molecule has 2 amide bonds. The first-order chi connectivity index (χ1) is 15.1. The second kappa shape index (κ2) is 10.7. The van der Waals surface area contributed by atoms with Crippen LogP contribution in [0.15, 0.2) is 72.0 Å². The van der Waals surface area contributed by atoms with Gasteiger partial charge in [-0.2, -0.15) is 5.10 Å². The molecule has 0 atom stereocenters. The molecule has 9 heteroatoms. The summed E-state index contributed by atoms with van der Waals surface area (Å²) in [5.41, 5.74) is 3.94. The van der Waals surface area contributed by atoms with Crippen molar-refractivity contribution in [3.63, 3.8) is 0 Å². The van der Waals surface area contributed by atoms with Gasteiger partial charge in [0.25, 0.3) is 11.8 Å². The molecule has 158 valence electrons. The third-order valence-electron chi connectivity index (χ3n) is 3.99. The highest BCUT2D eigenvalue weighted by Crippen LogP contribution is 2.27. The van der Waals surface area contributed by atoms with Crippen molar-refractivity contribution in [2.75, 3.05) is 19.0 Å². The molecule has 0 aliphatic heterocycles. The van der Waals surface area contributed by atoms with Crippen LogP contribution in [0.5, 0.6) is 11.5 Å². The summed E-state index contributed by atoms with van der Waals surface area (Å²) >= 11 is 5.89. The van der Waals surface area contributed by atoms with Crippen LogP contribution in [0.1, 0.15) is 15.9 Å². The number of pyridine rings is 1. The lowest BCUT2D eigenvalue weighted by Gasteiger charge is -2.11. The number of hydrazone groups is 1. The van der Waals surface area contributed by atoms with Gasteiger partial charge in [0.2, 0.25) is 0 Å². The molecule has 3 aromatic rings. The first-order valence-electron chi connectivity index (χ1n) is 9.16. The van der Waals surface area contributed by atoms with E-state index < -0.39 is 5.91 Å². The Morgan fingerprint density at radius 3 is 2.65 bits per heavy atom. The van der Waals surface area contributed by atoms with Crippen molar-refractivity contribution in [2.24, 2.45) is 5.10 Å². The van der Waals surface area contributed by atoms with E-state index >= 15 is 0 Å². The molecule has 0 saturated carbocycles. The minimum absolute atomic E-state index is 0.0923. The number of para-hydroxylation sites is 1. The van der Waals surface area contributed by atoms with Crippen molar-refractivity contribution in [3.8, 4) is 11.5 Å². The smallest absolute Gasteiger partial charge is 0.274 e. The zero-order valence-corrected chi connectivity index (χ0v) is 17.3. The third kappa shape index (κ3) is 6.28. The normalized spacial score (nSPS) is 10.5. The van der Waals surface area contributed by atoms with Crippen LogP contribution in [0.4, 0.5) is 5.69 Å². The van der Waals surface area contributed by atoms with Crippen molar-refractivity contribution >= 4 is 35.3 Å². The summed E-state index contributed by atoms with van der Waals surface area (Å²) in [5, 5.41) is 6.74. The number of rotatable bonds is 8. The molecular weight excluding hydrogens is 420 g/mol. The molecule has 0 aliphatic carbocycles. The molecule has 2 aromatic carbocycles. The Morgan fingerprint density at radius 2 is 1.90 bits per heavy atom. The Balaban J connectivity index is 1.57. The number of benzene rings is 2. The summed E-state index contributed by atoms with van der Waals surface area (Å²) in [5.74, 6) is 0.0356. The van der Waals surface area contributed by atoms with E-state index in [9.17, 15) is 9.59 Å². The van der Waals surface area contributed by atoms with E-state index in [2.05, 4.69) is 20.8 Å². The van der Waals surface area contributed by atoms with Gasteiger partial charge >= 0.3 is 0 Å². The molecule has 0 unspecified atom stereocenters. The number of anilines is 1. The molecule has 0 bridgehead atoms. The highest BCUT2D eigenvalue weighted by Gasteiger charge is 2.10. The molecule has 1 aromatic heterocycles. The summed E-state index contributed by atoms with van der Waals surface area (Å²) in [6.07, 6.45) is 2.93. The molecular formula is C22H19ClN4O4. The zero-order valence-electron chi connectivity index (χ0n) is 16.5. The number of nitrogens with zero attached hydrogens (tertiary/aromatic N) is 2. The molecule has 8 nitrogen and oxygen atoms in total.